The second-order valence-corrected chi connectivity index (χ2v) is 7.71. The lowest BCUT2D eigenvalue weighted by Crippen LogP contribution is -2.41. The zero-order chi connectivity index (χ0) is 21.7. The monoisotopic (exact) mass is 429 g/mol. The predicted molar refractivity (Wildman–Crippen MR) is 107 cm³/mol. The zero-order valence-electron chi connectivity index (χ0n) is 15.3. The average Bonchev–Trinajstić information content (AvgIpc) is 2.72. The van der Waals surface area contributed by atoms with Gasteiger partial charge in [-0.05, 0) is 48.5 Å². The Hall–Kier alpha value is -3.92. The molecule has 8 nitrogen and oxygen atoms in total. The SMILES string of the molecule is O=C(NNC(=O)c1ccccc1NS(=O)(=O)c1ccc(F)cc1)c1ccccc1O. The Labute approximate surface area is 171 Å². The molecule has 0 radical (unpaired) electrons. The van der Waals surface area contributed by atoms with Gasteiger partial charge in [0.15, 0.2) is 0 Å². The molecular formula is C20H16FN3O5S. The maximum atomic E-state index is 13.1. The fourth-order valence-corrected chi connectivity index (χ4v) is 3.58. The molecule has 0 saturated carbocycles. The van der Waals surface area contributed by atoms with Gasteiger partial charge in [-0.3, -0.25) is 25.2 Å². The summed E-state index contributed by atoms with van der Waals surface area (Å²) in [5.74, 6) is -2.41. The number of para-hydroxylation sites is 2. The molecule has 4 N–H and O–H groups in total. The van der Waals surface area contributed by atoms with Crippen molar-refractivity contribution in [1.29, 1.82) is 0 Å². The van der Waals surface area contributed by atoms with Gasteiger partial charge in [-0.1, -0.05) is 24.3 Å². The molecule has 3 aromatic carbocycles. The lowest BCUT2D eigenvalue weighted by Gasteiger charge is -2.13. The molecular weight excluding hydrogens is 413 g/mol. The number of nitrogens with one attached hydrogen (secondary N) is 3. The topological polar surface area (TPSA) is 125 Å². The minimum atomic E-state index is -4.08. The van der Waals surface area contributed by atoms with Crippen LogP contribution in [0.5, 0.6) is 5.75 Å². The van der Waals surface area contributed by atoms with Crippen LogP contribution in [0.1, 0.15) is 20.7 Å². The molecule has 0 aromatic heterocycles. The van der Waals surface area contributed by atoms with Gasteiger partial charge in [0.1, 0.15) is 11.6 Å². The number of carbonyl (C=O) groups is 2. The van der Waals surface area contributed by atoms with Gasteiger partial charge < -0.3 is 5.11 Å². The van der Waals surface area contributed by atoms with E-state index in [0.717, 1.165) is 24.3 Å². The molecule has 0 spiro atoms. The quantitative estimate of drug-likeness (QED) is 0.464. The molecule has 0 heterocycles. The summed E-state index contributed by atoms with van der Waals surface area (Å²) in [5.41, 5.74) is 4.15. The summed E-state index contributed by atoms with van der Waals surface area (Å²) in [6, 6.07) is 15.7. The molecule has 0 atom stereocenters. The lowest BCUT2D eigenvalue weighted by atomic mass is 10.2. The van der Waals surface area contributed by atoms with Gasteiger partial charge in [0.2, 0.25) is 0 Å². The van der Waals surface area contributed by atoms with Crippen LogP contribution in [0.2, 0.25) is 0 Å². The highest BCUT2D eigenvalue weighted by Gasteiger charge is 2.19. The molecule has 30 heavy (non-hydrogen) atoms. The molecule has 3 rings (SSSR count). The molecule has 0 bridgehead atoms. The van der Waals surface area contributed by atoms with Crippen LogP contribution in [0.4, 0.5) is 10.1 Å². The molecule has 0 aliphatic carbocycles. The zero-order valence-corrected chi connectivity index (χ0v) is 16.1. The molecule has 0 fully saturated rings. The van der Waals surface area contributed by atoms with Crippen molar-refractivity contribution in [3.8, 4) is 5.75 Å². The first-order valence-corrected chi connectivity index (χ1v) is 10.0. The van der Waals surface area contributed by atoms with Crippen molar-refractivity contribution < 1.29 is 27.5 Å². The van der Waals surface area contributed by atoms with Crippen LogP contribution in [0.15, 0.2) is 77.7 Å². The van der Waals surface area contributed by atoms with E-state index >= 15 is 0 Å². The molecule has 10 heteroatoms. The third-order valence-electron chi connectivity index (χ3n) is 3.98. The van der Waals surface area contributed by atoms with Crippen LogP contribution in [0, 0.1) is 5.82 Å². The van der Waals surface area contributed by atoms with Crippen molar-refractivity contribution in [2.75, 3.05) is 4.72 Å². The molecule has 0 aliphatic heterocycles. The summed E-state index contributed by atoms with van der Waals surface area (Å²) in [6.45, 7) is 0. The number of carbonyl (C=O) groups excluding carboxylic acids is 2. The Morgan fingerprint density at radius 2 is 1.30 bits per heavy atom. The molecule has 2 amide bonds. The Morgan fingerprint density at radius 1 is 0.767 bits per heavy atom. The van der Waals surface area contributed by atoms with Crippen LogP contribution < -0.4 is 15.6 Å². The number of halogens is 1. The number of aromatic hydroxyl groups is 1. The highest BCUT2D eigenvalue weighted by molar-refractivity contribution is 7.92. The first kappa shape index (κ1) is 20.8. The highest BCUT2D eigenvalue weighted by atomic mass is 32.2. The van der Waals surface area contributed by atoms with Crippen molar-refractivity contribution in [1.82, 2.24) is 10.9 Å². The fraction of sp³-hybridized carbons (Fsp3) is 0. The molecule has 3 aromatic rings. The highest BCUT2D eigenvalue weighted by Crippen LogP contribution is 2.20. The number of benzene rings is 3. The summed E-state index contributed by atoms with van der Waals surface area (Å²) in [6.07, 6.45) is 0. The fourth-order valence-electron chi connectivity index (χ4n) is 2.50. The standard InChI is InChI=1S/C20H16FN3O5S/c21-13-9-11-14(12-10-13)30(28,29)24-17-7-3-1-5-15(17)19(26)22-23-20(27)16-6-2-4-8-18(16)25/h1-12,24-25H,(H,22,26)(H,23,27). The number of phenolic OH excluding ortho intramolecular Hbond substituents is 1. The van der Waals surface area contributed by atoms with E-state index in [1.807, 2.05) is 0 Å². The molecule has 154 valence electrons. The Bertz CT molecular complexity index is 1200. The summed E-state index contributed by atoms with van der Waals surface area (Å²) < 4.78 is 40.3. The number of hydrogen-bond acceptors (Lipinski definition) is 5. The number of hydrogen-bond donors (Lipinski definition) is 4. The van der Waals surface area contributed by atoms with Gasteiger partial charge in [-0.2, -0.15) is 0 Å². The van der Waals surface area contributed by atoms with Crippen molar-refractivity contribution in [2.24, 2.45) is 0 Å². The van der Waals surface area contributed by atoms with Gasteiger partial charge in [0, 0.05) is 0 Å². The average molecular weight is 429 g/mol. The van der Waals surface area contributed by atoms with E-state index < -0.39 is 27.7 Å². The van der Waals surface area contributed by atoms with Crippen molar-refractivity contribution in [2.45, 2.75) is 4.90 Å². The van der Waals surface area contributed by atoms with E-state index in [9.17, 15) is 27.5 Å². The Balaban J connectivity index is 1.76. The van der Waals surface area contributed by atoms with Crippen LogP contribution in [0.3, 0.4) is 0 Å². The van der Waals surface area contributed by atoms with Crippen molar-refractivity contribution in [3.05, 3.63) is 89.7 Å². The second-order valence-electron chi connectivity index (χ2n) is 6.03. The van der Waals surface area contributed by atoms with Gasteiger partial charge in [0.05, 0.1) is 21.7 Å². The lowest BCUT2D eigenvalue weighted by molar-refractivity contribution is 0.0845. The second kappa shape index (κ2) is 8.62. The molecule has 0 saturated heterocycles. The number of hydrazine groups is 1. The van der Waals surface area contributed by atoms with E-state index in [1.165, 1.54) is 48.5 Å². The van der Waals surface area contributed by atoms with Gasteiger partial charge in [0.25, 0.3) is 21.8 Å². The van der Waals surface area contributed by atoms with Crippen molar-refractivity contribution in [3.63, 3.8) is 0 Å². The van der Waals surface area contributed by atoms with E-state index in [0.29, 0.717) is 0 Å². The Morgan fingerprint density at radius 3 is 1.93 bits per heavy atom. The molecule has 0 unspecified atom stereocenters. The third-order valence-corrected chi connectivity index (χ3v) is 5.36. The Kier molecular flexibility index (Phi) is 5.98. The van der Waals surface area contributed by atoms with Crippen LogP contribution >= 0.6 is 0 Å². The van der Waals surface area contributed by atoms with E-state index in [2.05, 4.69) is 15.6 Å². The number of rotatable bonds is 5. The maximum absolute atomic E-state index is 13.1. The largest absolute Gasteiger partial charge is 0.507 e. The first-order valence-electron chi connectivity index (χ1n) is 8.54. The van der Waals surface area contributed by atoms with E-state index in [4.69, 9.17) is 0 Å². The van der Waals surface area contributed by atoms with Gasteiger partial charge in [-0.15, -0.1) is 0 Å². The van der Waals surface area contributed by atoms with Crippen LogP contribution in [-0.4, -0.2) is 25.3 Å². The maximum Gasteiger partial charge on any atom is 0.273 e. The summed E-state index contributed by atoms with van der Waals surface area (Å²) in [5, 5.41) is 9.69. The van der Waals surface area contributed by atoms with Gasteiger partial charge in [-0.25, -0.2) is 12.8 Å². The van der Waals surface area contributed by atoms with E-state index in [-0.39, 0.29) is 27.5 Å². The number of amides is 2. The van der Waals surface area contributed by atoms with Crippen LogP contribution in [0.25, 0.3) is 0 Å². The summed E-state index contributed by atoms with van der Waals surface area (Å²) in [4.78, 5) is 24.4. The predicted octanol–water partition coefficient (Wildman–Crippen LogP) is 2.41. The number of anilines is 1. The minimum absolute atomic E-state index is 0.0452. The third kappa shape index (κ3) is 4.73. The molecule has 0 aliphatic rings. The first-order chi connectivity index (χ1) is 14.3. The minimum Gasteiger partial charge on any atom is -0.507 e. The van der Waals surface area contributed by atoms with Gasteiger partial charge >= 0.3 is 0 Å². The summed E-state index contributed by atoms with van der Waals surface area (Å²) in [7, 11) is -4.08. The number of phenols is 1. The summed E-state index contributed by atoms with van der Waals surface area (Å²) >= 11 is 0. The van der Waals surface area contributed by atoms with E-state index in [1.54, 1.807) is 0 Å². The van der Waals surface area contributed by atoms with Crippen LogP contribution in [-0.2, 0) is 10.0 Å². The van der Waals surface area contributed by atoms with Crippen molar-refractivity contribution >= 4 is 27.5 Å². The number of sulfonamides is 1. The normalized spacial score (nSPS) is 10.8. The smallest absolute Gasteiger partial charge is 0.273 e.